The van der Waals surface area contributed by atoms with Crippen LogP contribution in [0.15, 0.2) is 60.7 Å². The van der Waals surface area contributed by atoms with Gasteiger partial charge in [-0.25, -0.2) is 9.59 Å². The van der Waals surface area contributed by atoms with Gasteiger partial charge in [0.2, 0.25) is 0 Å². The Hall–Kier alpha value is -4.42. The third kappa shape index (κ3) is 15.8. The lowest BCUT2D eigenvalue weighted by Gasteiger charge is -2.23. The maximum Gasteiger partial charge on any atom is 0.342 e. The van der Waals surface area contributed by atoms with Crippen LogP contribution in [0.2, 0.25) is 0 Å². The molecular weight excluding hydrogens is 853 g/mol. The first-order valence-electron chi connectivity index (χ1n) is 22.0. The molecule has 5 rings (SSSR count). The minimum Gasteiger partial charge on any atom is -0.478 e. The van der Waals surface area contributed by atoms with E-state index in [2.05, 4.69) is 0 Å². The van der Waals surface area contributed by atoms with Crippen LogP contribution in [0.1, 0.15) is 119 Å². The highest BCUT2D eigenvalue weighted by Gasteiger charge is 2.45. The average Bonchev–Trinajstić information content (AvgIpc) is 3.72. The second-order valence-electron chi connectivity index (χ2n) is 17.7. The first kappa shape index (κ1) is 55.9. The second kappa shape index (κ2) is 25.1. The van der Waals surface area contributed by atoms with Crippen molar-refractivity contribution < 1.29 is 72.6 Å². The zero-order chi connectivity index (χ0) is 48.2. The molecule has 3 aliphatic heterocycles. The molecule has 0 aromatic heterocycles. The molecule has 0 saturated carbocycles. The van der Waals surface area contributed by atoms with Crippen molar-refractivity contribution in [2.24, 2.45) is 11.8 Å². The van der Waals surface area contributed by atoms with Crippen molar-refractivity contribution >= 4 is 24.1 Å². The molecule has 2 unspecified atom stereocenters. The van der Waals surface area contributed by atoms with E-state index in [1.165, 1.54) is 14.2 Å². The number of rotatable bonds is 14. The van der Waals surface area contributed by atoms with Crippen LogP contribution in [0.4, 0.5) is 0 Å². The minimum absolute atomic E-state index is 0. The molecular formula is C51H74O15. The van der Waals surface area contributed by atoms with Crippen LogP contribution in [-0.4, -0.2) is 121 Å². The van der Waals surface area contributed by atoms with Gasteiger partial charge in [0.05, 0.1) is 18.3 Å². The summed E-state index contributed by atoms with van der Waals surface area (Å²) in [5.41, 5.74) is 3.36. The maximum atomic E-state index is 13.2. The monoisotopic (exact) mass is 927 g/mol. The first-order valence-corrected chi connectivity index (χ1v) is 22.0. The molecule has 0 aliphatic carbocycles. The van der Waals surface area contributed by atoms with Crippen LogP contribution < -0.4 is 9.47 Å². The number of carbonyl (C=O) groups excluding carboxylic acids is 1. The number of carboxylic acids is 1. The number of carbonyl (C=O) groups is 2. The van der Waals surface area contributed by atoms with Crippen molar-refractivity contribution in [3.05, 3.63) is 94.1 Å². The number of esters is 1. The SMILES string of the molecule is C.COCOc1cc(C)cc(/C=C/C[C@@H]2OC(C)(C)O[C@@H]2C(O)/C=C\[C@@H](C)[C@H](C)O)c1C(=O)O.COCOc1cc(C)cc2c1C(=O)O[C@@H](C)[C@H](C)/C=C\C(O)[C@H]1OC(C)(C)O[C@H]1CC=C2. The zero-order valence-corrected chi connectivity index (χ0v) is 39.8. The lowest BCUT2D eigenvalue weighted by atomic mass is 9.98. The van der Waals surface area contributed by atoms with Gasteiger partial charge in [0.15, 0.2) is 25.2 Å². The number of carboxylic acid groups (broad SMARTS) is 1. The standard InChI is InChI=1S/C25H36O8.C25H34O7.CH4/c1-15-12-18(22(24(28)29)21(13-15)31-14-30-6)8-7-9-20-23(33-25(4,5)32-20)19(27)11-10-16(2)17(3)26;1-15-12-18-8-7-9-20-23(32-25(4,5)31-20)19(26)11-10-16(2)17(3)30-24(27)22(18)21(13-15)29-14-28-6;/h7-8,10-13,16-17,19-20,23,26-27H,9,14H2,1-6H3,(H,28,29);7-8,10-13,16-17,19-20,23,26H,9,14H2,1-6H3;1H4/b8-7+,11-10-;8-7?,11-10-;/t2*16-,17+,19?,20+,23-;/m11./s1. The molecule has 2 fully saturated rings. The number of aliphatic hydroxyl groups excluding tert-OH is 3. The molecule has 10 atom stereocenters. The largest absolute Gasteiger partial charge is 0.478 e. The number of methoxy groups -OCH3 is 2. The Morgan fingerprint density at radius 1 is 0.879 bits per heavy atom. The summed E-state index contributed by atoms with van der Waals surface area (Å²) in [7, 11) is 2.99. The third-order valence-electron chi connectivity index (χ3n) is 11.1. The highest BCUT2D eigenvalue weighted by Crippen LogP contribution is 2.36. The van der Waals surface area contributed by atoms with Gasteiger partial charge in [-0.15, -0.1) is 0 Å². The number of cyclic esters (lactones) is 1. The van der Waals surface area contributed by atoms with Crippen molar-refractivity contribution in [2.75, 3.05) is 27.8 Å². The molecule has 2 saturated heterocycles. The number of benzene rings is 2. The molecule has 3 aliphatic rings. The van der Waals surface area contributed by atoms with E-state index < -0.39 is 66.2 Å². The number of hydrogen-bond donors (Lipinski definition) is 4. The van der Waals surface area contributed by atoms with Gasteiger partial charge in [0.25, 0.3) is 0 Å². The minimum atomic E-state index is -1.10. The van der Waals surface area contributed by atoms with Gasteiger partial charge in [-0.2, -0.15) is 0 Å². The smallest absolute Gasteiger partial charge is 0.342 e. The molecule has 2 aromatic carbocycles. The van der Waals surface area contributed by atoms with Crippen LogP contribution in [0.5, 0.6) is 11.5 Å². The van der Waals surface area contributed by atoms with Gasteiger partial charge in [0.1, 0.15) is 53.1 Å². The van der Waals surface area contributed by atoms with Gasteiger partial charge < -0.3 is 63.1 Å². The average molecular weight is 927 g/mol. The lowest BCUT2D eigenvalue weighted by molar-refractivity contribution is -0.152. The molecule has 0 bridgehead atoms. The van der Waals surface area contributed by atoms with E-state index in [-0.39, 0.29) is 50.3 Å². The van der Waals surface area contributed by atoms with Crippen LogP contribution >= 0.6 is 0 Å². The van der Waals surface area contributed by atoms with E-state index in [1.54, 1.807) is 69.4 Å². The lowest BCUT2D eigenvalue weighted by Crippen LogP contribution is -2.34. The molecule has 2 aromatic rings. The van der Waals surface area contributed by atoms with Crippen molar-refractivity contribution in [3.63, 3.8) is 0 Å². The summed E-state index contributed by atoms with van der Waals surface area (Å²) in [5, 5.41) is 40.8. The Labute approximate surface area is 390 Å². The number of fused-ring (bicyclic) bond motifs is 2. The number of ether oxygens (including phenoxy) is 9. The van der Waals surface area contributed by atoms with E-state index in [9.17, 15) is 30.0 Å². The third-order valence-corrected chi connectivity index (χ3v) is 11.1. The Morgan fingerprint density at radius 3 is 2.14 bits per heavy atom. The first-order chi connectivity index (χ1) is 30.6. The van der Waals surface area contributed by atoms with Crippen LogP contribution in [0, 0.1) is 25.7 Å². The van der Waals surface area contributed by atoms with Gasteiger partial charge in [-0.05, 0) is 109 Å². The highest BCUT2D eigenvalue weighted by atomic mass is 16.8. The molecule has 66 heavy (non-hydrogen) atoms. The van der Waals surface area contributed by atoms with E-state index in [4.69, 9.17) is 42.6 Å². The maximum absolute atomic E-state index is 13.2. The Balaban J connectivity index is 0.000000345. The highest BCUT2D eigenvalue weighted by molar-refractivity contribution is 5.97. The van der Waals surface area contributed by atoms with Crippen molar-refractivity contribution in [1.29, 1.82) is 0 Å². The predicted octanol–water partition coefficient (Wildman–Crippen LogP) is 8.18. The molecule has 4 N–H and O–H groups in total. The molecule has 0 spiro atoms. The summed E-state index contributed by atoms with van der Waals surface area (Å²) in [5.74, 6) is -2.83. The van der Waals surface area contributed by atoms with E-state index in [0.29, 0.717) is 35.3 Å². The topological polar surface area (TPSA) is 198 Å². The summed E-state index contributed by atoms with van der Waals surface area (Å²) in [6, 6.07) is 7.13. The number of hydrogen-bond acceptors (Lipinski definition) is 14. The molecule has 0 radical (unpaired) electrons. The predicted molar refractivity (Wildman–Crippen MR) is 251 cm³/mol. The van der Waals surface area contributed by atoms with E-state index >= 15 is 0 Å². The summed E-state index contributed by atoms with van der Waals surface area (Å²) in [6.45, 7) is 18.3. The summed E-state index contributed by atoms with van der Waals surface area (Å²) >= 11 is 0. The van der Waals surface area contributed by atoms with Gasteiger partial charge in [-0.3, -0.25) is 0 Å². The second-order valence-corrected chi connectivity index (χ2v) is 17.7. The van der Waals surface area contributed by atoms with Crippen molar-refractivity contribution in [3.8, 4) is 11.5 Å². The van der Waals surface area contributed by atoms with Crippen LogP contribution in [0.25, 0.3) is 12.2 Å². The van der Waals surface area contributed by atoms with E-state index in [1.807, 2.05) is 72.8 Å². The number of aryl methyl sites for hydroxylation is 2. The molecule has 15 heteroatoms. The van der Waals surface area contributed by atoms with Gasteiger partial charge in [0, 0.05) is 20.1 Å². The quantitative estimate of drug-likeness (QED) is 0.0803. The fraction of sp³-hybridized carbons (Fsp3) is 0.569. The van der Waals surface area contributed by atoms with Crippen LogP contribution in [-0.2, 0) is 33.2 Å². The van der Waals surface area contributed by atoms with Crippen molar-refractivity contribution in [1.82, 2.24) is 0 Å². The molecule has 0 amide bonds. The van der Waals surface area contributed by atoms with Crippen LogP contribution in [0.3, 0.4) is 0 Å². The van der Waals surface area contributed by atoms with E-state index in [0.717, 1.165) is 11.1 Å². The normalized spacial score (nSPS) is 26.7. The Kier molecular flexibility index (Phi) is 21.3. The van der Waals surface area contributed by atoms with Crippen molar-refractivity contribution in [2.45, 2.75) is 150 Å². The molecule has 368 valence electrons. The van der Waals surface area contributed by atoms with Gasteiger partial charge in [-0.1, -0.05) is 82.0 Å². The summed E-state index contributed by atoms with van der Waals surface area (Å²) < 4.78 is 50.8. The van der Waals surface area contributed by atoms with Gasteiger partial charge >= 0.3 is 11.9 Å². The fourth-order valence-corrected chi connectivity index (χ4v) is 7.52. The zero-order valence-electron chi connectivity index (χ0n) is 39.8. The number of aliphatic hydroxyl groups is 3. The Bertz CT molecular complexity index is 2020. The Morgan fingerprint density at radius 2 is 1.50 bits per heavy atom. The molecule has 3 heterocycles. The fourth-order valence-electron chi connectivity index (χ4n) is 7.52. The summed E-state index contributed by atoms with van der Waals surface area (Å²) in [4.78, 5) is 25.0. The summed E-state index contributed by atoms with van der Waals surface area (Å²) in [6.07, 6.45) is 10.5. The number of aromatic carboxylic acids is 1. The molecule has 15 nitrogen and oxygen atoms in total.